The SMILES string of the molecule is CC(Cc1ccc(Br)cc1)NCc1ccc(CC(=O)O)s1. The molecule has 0 aliphatic heterocycles. The zero-order valence-electron chi connectivity index (χ0n) is 11.8. The summed E-state index contributed by atoms with van der Waals surface area (Å²) in [6, 6.07) is 12.6. The van der Waals surface area contributed by atoms with E-state index >= 15 is 0 Å². The Morgan fingerprint density at radius 3 is 2.57 bits per heavy atom. The molecule has 1 atom stereocenters. The molecule has 1 aromatic carbocycles. The number of benzene rings is 1. The summed E-state index contributed by atoms with van der Waals surface area (Å²) >= 11 is 5.00. The third-order valence-corrected chi connectivity index (χ3v) is 4.74. The number of carbonyl (C=O) groups is 1. The topological polar surface area (TPSA) is 49.3 Å². The van der Waals surface area contributed by atoms with Crippen LogP contribution in [0.3, 0.4) is 0 Å². The van der Waals surface area contributed by atoms with Crippen LogP contribution >= 0.6 is 27.3 Å². The van der Waals surface area contributed by atoms with Crippen molar-refractivity contribution < 1.29 is 9.90 Å². The van der Waals surface area contributed by atoms with Crippen LogP contribution in [0.2, 0.25) is 0 Å². The van der Waals surface area contributed by atoms with Crippen molar-refractivity contribution in [2.75, 3.05) is 0 Å². The molecular weight excluding hydrogens is 350 g/mol. The highest BCUT2D eigenvalue weighted by molar-refractivity contribution is 9.10. The minimum absolute atomic E-state index is 0.110. The van der Waals surface area contributed by atoms with Crippen molar-refractivity contribution in [3.8, 4) is 0 Å². The quantitative estimate of drug-likeness (QED) is 0.780. The van der Waals surface area contributed by atoms with Gasteiger partial charge in [0.15, 0.2) is 0 Å². The fraction of sp³-hybridized carbons (Fsp3) is 0.312. The van der Waals surface area contributed by atoms with Gasteiger partial charge in [-0.05, 0) is 43.2 Å². The standard InChI is InChI=1S/C16H18BrNO2S/c1-11(8-12-2-4-13(17)5-3-12)18-10-15-7-6-14(21-15)9-16(19)20/h2-7,11,18H,8-10H2,1H3,(H,19,20). The van der Waals surface area contributed by atoms with Gasteiger partial charge in [-0.3, -0.25) is 4.79 Å². The summed E-state index contributed by atoms with van der Waals surface area (Å²) in [5, 5.41) is 12.2. The third-order valence-electron chi connectivity index (χ3n) is 3.12. The second-order valence-corrected chi connectivity index (χ2v) is 7.22. The number of aliphatic carboxylic acids is 1. The predicted octanol–water partition coefficient (Wildman–Crippen LogP) is 3.86. The summed E-state index contributed by atoms with van der Waals surface area (Å²) in [6.07, 6.45) is 1.08. The highest BCUT2D eigenvalue weighted by Crippen LogP contribution is 2.17. The number of nitrogens with one attached hydrogen (secondary N) is 1. The van der Waals surface area contributed by atoms with Gasteiger partial charge in [0.25, 0.3) is 0 Å². The molecule has 0 spiro atoms. The van der Waals surface area contributed by atoms with E-state index < -0.39 is 5.97 Å². The number of hydrogen-bond donors (Lipinski definition) is 2. The molecule has 0 radical (unpaired) electrons. The van der Waals surface area contributed by atoms with Gasteiger partial charge >= 0.3 is 5.97 Å². The van der Waals surface area contributed by atoms with Crippen LogP contribution in [-0.4, -0.2) is 17.1 Å². The molecule has 0 aliphatic rings. The molecule has 0 saturated carbocycles. The zero-order chi connectivity index (χ0) is 15.2. The Morgan fingerprint density at radius 2 is 1.90 bits per heavy atom. The van der Waals surface area contributed by atoms with E-state index in [0.29, 0.717) is 6.04 Å². The fourth-order valence-electron chi connectivity index (χ4n) is 2.08. The third kappa shape index (κ3) is 5.61. The van der Waals surface area contributed by atoms with Crippen molar-refractivity contribution in [3.63, 3.8) is 0 Å². The highest BCUT2D eigenvalue weighted by Gasteiger charge is 2.07. The number of halogens is 1. The van der Waals surface area contributed by atoms with E-state index in [0.717, 1.165) is 22.3 Å². The molecule has 0 amide bonds. The molecule has 0 fully saturated rings. The van der Waals surface area contributed by atoms with Gasteiger partial charge < -0.3 is 10.4 Å². The molecular formula is C16H18BrNO2S. The number of hydrogen-bond acceptors (Lipinski definition) is 3. The van der Waals surface area contributed by atoms with Gasteiger partial charge in [-0.1, -0.05) is 28.1 Å². The number of carboxylic acids is 1. The molecule has 1 aromatic heterocycles. The van der Waals surface area contributed by atoms with E-state index in [1.54, 1.807) is 11.3 Å². The van der Waals surface area contributed by atoms with Crippen LogP contribution in [-0.2, 0) is 24.2 Å². The van der Waals surface area contributed by atoms with Crippen LogP contribution < -0.4 is 5.32 Å². The van der Waals surface area contributed by atoms with Gasteiger partial charge in [-0.15, -0.1) is 11.3 Å². The van der Waals surface area contributed by atoms with E-state index in [1.807, 2.05) is 12.1 Å². The summed E-state index contributed by atoms with van der Waals surface area (Å²) in [5.41, 5.74) is 1.30. The van der Waals surface area contributed by atoms with Crippen LogP contribution in [0.25, 0.3) is 0 Å². The average Bonchev–Trinajstić information content (AvgIpc) is 2.86. The van der Waals surface area contributed by atoms with Gasteiger partial charge in [-0.2, -0.15) is 0 Å². The molecule has 0 saturated heterocycles. The summed E-state index contributed by atoms with van der Waals surface area (Å²) in [6.45, 7) is 2.94. The second kappa shape index (κ2) is 7.73. The maximum Gasteiger partial charge on any atom is 0.308 e. The Hall–Kier alpha value is -1.17. The van der Waals surface area contributed by atoms with E-state index in [2.05, 4.69) is 52.4 Å². The molecule has 112 valence electrons. The molecule has 3 nitrogen and oxygen atoms in total. The van der Waals surface area contributed by atoms with Crippen molar-refractivity contribution in [2.24, 2.45) is 0 Å². The largest absolute Gasteiger partial charge is 0.481 e. The molecule has 2 rings (SSSR count). The number of rotatable bonds is 7. The monoisotopic (exact) mass is 367 g/mol. The van der Waals surface area contributed by atoms with E-state index in [1.165, 1.54) is 10.4 Å². The lowest BCUT2D eigenvalue weighted by atomic mass is 10.1. The Bertz CT molecular complexity index is 595. The Kier molecular flexibility index (Phi) is 5.96. The second-order valence-electron chi connectivity index (χ2n) is 5.05. The molecule has 1 unspecified atom stereocenters. The van der Waals surface area contributed by atoms with Crippen molar-refractivity contribution in [2.45, 2.75) is 32.4 Å². The van der Waals surface area contributed by atoms with Gasteiger partial charge in [-0.25, -0.2) is 0 Å². The first kappa shape index (κ1) is 16.2. The van der Waals surface area contributed by atoms with Gasteiger partial charge in [0.1, 0.15) is 0 Å². The Morgan fingerprint density at radius 1 is 1.24 bits per heavy atom. The zero-order valence-corrected chi connectivity index (χ0v) is 14.2. The molecule has 0 bridgehead atoms. The summed E-state index contributed by atoms with van der Waals surface area (Å²) in [7, 11) is 0. The van der Waals surface area contributed by atoms with Crippen LogP contribution in [0, 0.1) is 0 Å². The average molecular weight is 368 g/mol. The maximum atomic E-state index is 10.7. The highest BCUT2D eigenvalue weighted by atomic mass is 79.9. The minimum atomic E-state index is -0.778. The lowest BCUT2D eigenvalue weighted by Gasteiger charge is -2.13. The first-order valence-electron chi connectivity index (χ1n) is 6.80. The van der Waals surface area contributed by atoms with Crippen LogP contribution in [0.1, 0.15) is 22.2 Å². The molecule has 2 aromatic rings. The van der Waals surface area contributed by atoms with Gasteiger partial charge in [0, 0.05) is 26.8 Å². The van der Waals surface area contributed by atoms with Crippen LogP contribution in [0.15, 0.2) is 40.9 Å². The molecule has 2 N–H and O–H groups in total. The van der Waals surface area contributed by atoms with Crippen LogP contribution in [0.4, 0.5) is 0 Å². The maximum absolute atomic E-state index is 10.7. The van der Waals surface area contributed by atoms with Gasteiger partial charge in [0.05, 0.1) is 6.42 Å². The summed E-state index contributed by atoms with van der Waals surface area (Å²) < 4.78 is 1.09. The molecule has 5 heteroatoms. The first-order chi connectivity index (χ1) is 10.0. The Balaban J connectivity index is 1.80. The van der Waals surface area contributed by atoms with E-state index in [4.69, 9.17) is 5.11 Å². The van der Waals surface area contributed by atoms with Crippen molar-refractivity contribution in [1.29, 1.82) is 0 Å². The predicted molar refractivity (Wildman–Crippen MR) is 89.8 cm³/mol. The summed E-state index contributed by atoms with van der Waals surface area (Å²) in [4.78, 5) is 12.7. The van der Waals surface area contributed by atoms with Crippen molar-refractivity contribution in [1.82, 2.24) is 5.32 Å². The number of thiophene rings is 1. The molecule has 0 aliphatic carbocycles. The first-order valence-corrected chi connectivity index (χ1v) is 8.41. The molecule has 21 heavy (non-hydrogen) atoms. The van der Waals surface area contributed by atoms with Gasteiger partial charge in [0.2, 0.25) is 0 Å². The normalized spacial score (nSPS) is 12.3. The van der Waals surface area contributed by atoms with E-state index in [-0.39, 0.29) is 6.42 Å². The van der Waals surface area contributed by atoms with Crippen LogP contribution in [0.5, 0.6) is 0 Å². The van der Waals surface area contributed by atoms with E-state index in [9.17, 15) is 4.79 Å². The van der Waals surface area contributed by atoms with Crippen molar-refractivity contribution >= 4 is 33.2 Å². The Labute approximate surface area is 137 Å². The summed E-state index contributed by atoms with van der Waals surface area (Å²) in [5.74, 6) is -0.778. The minimum Gasteiger partial charge on any atom is -0.481 e. The fourth-order valence-corrected chi connectivity index (χ4v) is 3.31. The lowest BCUT2D eigenvalue weighted by molar-refractivity contribution is -0.136. The lowest BCUT2D eigenvalue weighted by Crippen LogP contribution is -2.27. The molecule has 1 heterocycles. The van der Waals surface area contributed by atoms with Crippen molar-refractivity contribution in [3.05, 3.63) is 56.2 Å². The number of carboxylic acid groups (broad SMARTS) is 1. The smallest absolute Gasteiger partial charge is 0.308 e.